The summed E-state index contributed by atoms with van der Waals surface area (Å²) in [6, 6.07) is 0.203. The highest BCUT2D eigenvalue weighted by atomic mass is 16.6. The van der Waals surface area contributed by atoms with Gasteiger partial charge in [-0.05, 0) is 39.2 Å². The van der Waals surface area contributed by atoms with Crippen LogP contribution in [0.2, 0.25) is 0 Å². The van der Waals surface area contributed by atoms with Crippen LogP contribution in [0.15, 0.2) is 37.0 Å². The maximum Gasteiger partial charge on any atom is 0.410 e. The molecule has 1 amide bonds. The van der Waals surface area contributed by atoms with Crippen molar-refractivity contribution in [1.82, 2.24) is 10.2 Å². The third kappa shape index (κ3) is 6.17. The van der Waals surface area contributed by atoms with Gasteiger partial charge < -0.3 is 15.0 Å². The van der Waals surface area contributed by atoms with E-state index in [1.165, 1.54) is 0 Å². The lowest BCUT2D eigenvalue weighted by Crippen LogP contribution is -2.44. The SMILES string of the molecule is C=C/C=C(\C=C)CNCC1CCCN1C(=O)OC(C)(C)C. The Labute approximate surface area is 128 Å². The monoisotopic (exact) mass is 292 g/mol. The molecule has 1 unspecified atom stereocenters. The van der Waals surface area contributed by atoms with Gasteiger partial charge >= 0.3 is 6.09 Å². The molecule has 1 saturated heterocycles. The summed E-state index contributed by atoms with van der Waals surface area (Å²) >= 11 is 0. The van der Waals surface area contributed by atoms with Gasteiger partial charge in [0.05, 0.1) is 0 Å². The molecule has 1 atom stereocenters. The largest absolute Gasteiger partial charge is 0.444 e. The molecule has 1 rings (SSSR count). The van der Waals surface area contributed by atoms with Crippen LogP contribution in [0.25, 0.3) is 0 Å². The van der Waals surface area contributed by atoms with Crippen molar-refractivity contribution in [3.63, 3.8) is 0 Å². The fraction of sp³-hybridized carbons (Fsp3) is 0.588. The molecular formula is C17H28N2O2. The average Bonchev–Trinajstić information content (AvgIpc) is 2.84. The first-order chi connectivity index (χ1) is 9.87. The van der Waals surface area contributed by atoms with Gasteiger partial charge in [0.15, 0.2) is 0 Å². The second-order valence-electron chi connectivity index (χ2n) is 6.28. The van der Waals surface area contributed by atoms with Crippen molar-refractivity contribution in [2.75, 3.05) is 19.6 Å². The number of hydrogen-bond acceptors (Lipinski definition) is 3. The van der Waals surface area contributed by atoms with E-state index < -0.39 is 5.60 Å². The van der Waals surface area contributed by atoms with E-state index in [9.17, 15) is 4.79 Å². The molecule has 118 valence electrons. The summed E-state index contributed by atoms with van der Waals surface area (Å²) in [5, 5.41) is 3.37. The highest BCUT2D eigenvalue weighted by Crippen LogP contribution is 2.20. The van der Waals surface area contributed by atoms with E-state index in [-0.39, 0.29) is 12.1 Å². The van der Waals surface area contributed by atoms with Crippen LogP contribution >= 0.6 is 0 Å². The Balaban J connectivity index is 2.47. The van der Waals surface area contributed by atoms with E-state index in [1.54, 1.807) is 6.08 Å². The highest BCUT2D eigenvalue weighted by Gasteiger charge is 2.31. The van der Waals surface area contributed by atoms with E-state index in [1.807, 2.05) is 37.8 Å². The van der Waals surface area contributed by atoms with Crippen LogP contribution in [0.5, 0.6) is 0 Å². The standard InChI is InChI=1S/C17H28N2O2/c1-6-9-14(7-2)12-18-13-15-10-8-11-19(15)16(20)21-17(3,4)5/h6-7,9,15,18H,1-2,8,10-13H2,3-5H3/b14-9+. The first kappa shape index (κ1) is 17.5. The molecule has 1 N–H and O–H groups in total. The topological polar surface area (TPSA) is 41.6 Å². The van der Waals surface area contributed by atoms with Crippen LogP contribution in [0.3, 0.4) is 0 Å². The summed E-state index contributed by atoms with van der Waals surface area (Å²) in [5.74, 6) is 0. The summed E-state index contributed by atoms with van der Waals surface area (Å²) in [5.41, 5.74) is 0.646. The Morgan fingerprint density at radius 2 is 2.14 bits per heavy atom. The molecule has 1 fully saturated rings. The molecular weight excluding hydrogens is 264 g/mol. The molecule has 4 heteroatoms. The molecule has 0 saturated carbocycles. The fourth-order valence-electron chi connectivity index (χ4n) is 2.34. The number of ether oxygens (including phenoxy) is 1. The lowest BCUT2D eigenvalue weighted by atomic mass is 10.2. The van der Waals surface area contributed by atoms with Crippen molar-refractivity contribution in [1.29, 1.82) is 0 Å². The average molecular weight is 292 g/mol. The zero-order valence-electron chi connectivity index (χ0n) is 13.5. The molecule has 21 heavy (non-hydrogen) atoms. The van der Waals surface area contributed by atoms with Crippen molar-refractivity contribution in [2.24, 2.45) is 0 Å². The summed E-state index contributed by atoms with van der Waals surface area (Å²) in [6.07, 6.45) is 7.33. The van der Waals surface area contributed by atoms with Gasteiger partial charge in [-0.15, -0.1) is 0 Å². The minimum Gasteiger partial charge on any atom is -0.444 e. The lowest BCUT2D eigenvalue weighted by Gasteiger charge is -2.28. The van der Waals surface area contributed by atoms with Crippen LogP contribution in [0.1, 0.15) is 33.6 Å². The molecule has 0 aromatic heterocycles. The highest BCUT2D eigenvalue weighted by molar-refractivity contribution is 5.69. The molecule has 0 radical (unpaired) electrons. The fourth-order valence-corrected chi connectivity index (χ4v) is 2.34. The number of amides is 1. The molecule has 1 aliphatic rings. The third-order valence-corrected chi connectivity index (χ3v) is 3.31. The summed E-state index contributed by atoms with van der Waals surface area (Å²) in [4.78, 5) is 14.0. The van der Waals surface area contributed by atoms with Crippen molar-refractivity contribution in [3.8, 4) is 0 Å². The van der Waals surface area contributed by atoms with Crippen molar-refractivity contribution in [3.05, 3.63) is 37.0 Å². The number of nitrogens with one attached hydrogen (secondary N) is 1. The number of hydrogen-bond donors (Lipinski definition) is 1. The number of carbonyl (C=O) groups is 1. The molecule has 0 aromatic carbocycles. The number of carbonyl (C=O) groups excluding carboxylic acids is 1. The van der Waals surface area contributed by atoms with Gasteiger partial charge in [0.25, 0.3) is 0 Å². The van der Waals surface area contributed by atoms with Gasteiger partial charge in [-0.25, -0.2) is 4.79 Å². The van der Waals surface area contributed by atoms with Crippen molar-refractivity contribution >= 4 is 6.09 Å². The number of allylic oxidation sites excluding steroid dienone is 2. The summed E-state index contributed by atoms with van der Waals surface area (Å²) in [7, 11) is 0. The smallest absolute Gasteiger partial charge is 0.410 e. The Bertz CT molecular complexity index is 408. The molecule has 1 aliphatic heterocycles. The molecule has 0 aliphatic carbocycles. The Hall–Kier alpha value is -1.55. The zero-order chi connectivity index (χ0) is 15.9. The van der Waals surface area contributed by atoms with E-state index in [4.69, 9.17) is 4.74 Å². The van der Waals surface area contributed by atoms with E-state index in [0.29, 0.717) is 0 Å². The van der Waals surface area contributed by atoms with Gasteiger partial charge in [-0.3, -0.25) is 0 Å². The van der Waals surface area contributed by atoms with Crippen LogP contribution in [-0.2, 0) is 4.74 Å². The van der Waals surface area contributed by atoms with E-state index in [2.05, 4.69) is 18.5 Å². The molecule has 0 bridgehead atoms. The van der Waals surface area contributed by atoms with Crippen molar-refractivity contribution in [2.45, 2.75) is 45.3 Å². The van der Waals surface area contributed by atoms with Gasteiger partial charge in [-0.2, -0.15) is 0 Å². The molecule has 1 heterocycles. The first-order valence-electron chi connectivity index (χ1n) is 7.51. The van der Waals surface area contributed by atoms with Crippen LogP contribution in [-0.4, -0.2) is 42.3 Å². The lowest BCUT2D eigenvalue weighted by molar-refractivity contribution is 0.0227. The van der Waals surface area contributed by atoms with Crippen molar-refractivity contribution < 1.29 is 9.53 Å². The quantitative estimate of drug-likeness (QED) is 0.764. The van der Waals surface area contributed by atoms with Gasteiger partial charge in [-0.1, -0.05) is 31.4 Å². The second kappa shape index (κ2) is 8.03. The normalized spacial score (nSPS) is 19.5. The zero-order valence-corrected chi connectivity index (χ0v) is 13.5. The summed E-state index contributed by atoms with van der Waals surface area (Å²) in [6.45, 7) is 15.4. The maximum atomic E-state index is 12.2. The van der Waals surface area contributed by atoms with Gasteiger partial charge in [0, 0.05) is 25.7 Å². The van der Waals surface area contributed by atoms with Crippen LogP contribution in [0, 0.1) is 0 Å². The van der Waals surface area contributed by atoms with Gasteiger partial charge in [0.1, 0.15) is 5.60 Å². The summed E-state index contributed by atoms with van der Waals surface area (Å²) < 4.78 is 5.46. The number of rotatable bonds is 6. The first-order valence-corrected chi connectivity index (χ1v) is 7.51. The Morgan fingerprint density at radius 1 is 1.43 bits per heavy atom. The predicted octanol–water partition coefficient (Wildman–Crippen LogP) is 3.27. The van der Waals surface area contributed by atoms with E-state index >= 15 is 0 Å². The minimum absolute atomic E-state index is 0.203. The molecule has 4 nitrogen and oxygen atoms in total. The number of likely N-dealkylation sites (tertiary alicyclic amines) is 1. The van der Waals surface area contributed by atoms with Gasteiger partial charge in [0.2, 0.25) is 0 Å². The Morgan fingerprint density at radius 3 is 2.71 bits per heavy atom. The van der Waals surface area contributed by atoms with Crippen LogP contribution < -0.4 is 5.32 Å². The maximum absolute atomic E-state index is 12.2. The van der Waals surface area contributed by atoms with E-state index in [0.717, 1.165) is 38.0 Å². The molecule has 0 spiro atoms. The third-order valence-electron chi connectivity index (χ3n) is 3.31. The Kier molecular flexibility index (Phi) is 6.69. The second-order valence-corrected chi connectivity index (χ2v) is 6.28. The predicted molar refractivity (Wildman–Crippen MR) is 87.3 cm³/mol. The minimum atomic E-state index is -0.444. The van der Waals surface area contributed by atoms with Crippen LogP contribution in [0.4, 0.5) is 4.79 Å². The molecule has 0 aromatic rings. The number of nitrogens with zero attached hydrogens (tertiary/aromatic N) is 1.